The van der Waals surface area contributed by atoms with Gasteiger partial charge in [-0.3, -0.25) is 14.5 Å². The minimum absolute atomic E-state index is 0.119. The lowest BCUT2D eigenvalue weighted by Gasteiger charge is -2.42. The average Bonchev–Trinajstić information content (AvgIpc) is 3.17. The summed E-state index contributed by atoms with van der Waals surface area (Å²) in [5, 5.41) is 0. The molecule has 0 aliphatic carbocycles. The van der Waals surface area contributed by atoms with Crippen molar-refractivity contribution >= 4 is 29.0 Å². The Hall–Kier alpha value is -2.97. The van der Waals surface area contributed by atoms with Crippen LogP contribution in [0.4, 0.5) is 4.79 Å². The number of rotatable bonds is 3. The Morgan fingerprint density at radius 2 is 1.86 bits per heavy atom. The van der Waals surface area contributed by atoms with Crippen LogP contribution in [0.2, 0.25) is 0 Å². The molecular weight excluding hydrogens is 372 g/mol. The summed E-state index contributed by atoms with van der Waals surface area (Å²) in [4.78, 5) is 52.1. The first-order valence-corrected chi connectivity index (χ1v) is 9.91. The number of amides is 4. The van der Waals surface area contributed by atoms with E-state index in [0.717, 1.165) is 0 Å². The molecule has 4 amide bonds. The van der Waals surface area contributed by atoms with Crippen molar-refractivity contribution in [3.63, 3.8) is 0 Å². The molecule has 2 aliphatic rings. The van der Waals surface area contributed by atoms with E-state index in [1.54, 1.807) is 40.0 Å². The van der Waals surface area contributed by atoms with Crippen molar-refractivity contribution in [1.29, 1.82) is 0 Å². The minimum Gasteiger partial charge on any atom is -0.338 e. The van der Waals surface area contributed by atoms with E-state index in [4.69, 9.17) is 0 Å². The standard InChI is InChI=1S/C20H26N6O3/c1-13(2)11-26-19(29)24(4)18(28)20(26)6-9-25(10-7-20)17(27)14-5-8-21-16-15(14)22-12-23(16)3/h5,8,12-13H,6-7,9-11H2,1-4H3. The van der Waals surface area contributed by atoms with E-state index in [-0.39, 0.29) is 23.8 Å². The molecule has 4 rings (SSSR count). The van der Waals surface area contributed by atoms with Crippen LogP contribution < -0.4 is 0 Å². The van der Waals surface area contributed by atoms with Crippen LogP contribution in [-0.2, 0) is 11.8 Å². The second-order valence-corrected chi connectivity index (χ2v) is 8.36. The largest absolute Gasteiger partial charge is 0.338 e. The smallest absolute Gasteiger partial charge is 0.327 e. The summed E-state index contributed by atoms with van der Waals surface area (Å²) in [6, 6.07) is 1.44. The maximum absolute atomic E-state index is 13.2. The predicted molar refractivity (Wildman–Crippen MR) is 106 cm³/mol. The summed E-state index contributed by atoms with van der Waals surface area (Å²) >= 11 is 0. The third-order valence-electron chi connectivity index (χ3n) is 5.99. The fourth-order valence-electron chi connectivity index (χ4n) is 4.43. The summed E-state index contributed by atoms with van der Waals surface area (Å²) in [6.45, 7) is 5.42. The highest BCUT2D eigenvalue weighted by Crippen LogP contribution is 2.37. The molecule has 9 nitrogen and oxygen atoms in total. The zero-order valence-corrected chi connectivity index (χ0v) is 17.3. The van der Waals surface area contributed by atoms with Gasteiger partial charge in [0.05, 0.1) is 11.9 Å². The molecule has 0 saturated carbocycles. The highest BCUT2D eigenvalue weighted by atomic mass is 16.2. The third kappa shape index (κ3) is 2.87. The number of imidazole rings is 1. The molecule has 29 heavy (non-hydrogen) atoms. The molecule has 2 saturated heterocycles. The van der Waals surface area contributed by atoms with Crippen molar-refractivity contribution in [1.82, 2.24) is 29.2 Å². The molecule has 0 radical (unpaired) electrons. The third-order valence-corrected chi connectivity index (χ3v) is 5.99. The number of carbonyl (C=O) groups is 3. The van der Waals surface area contributed by atoms with Crippen LogP contribution in [0, 0.1) is 5.92 Å². The fraction of sp³-hybridized carbons (Fsp3) is 0.550. The number of nitrogens with zero attached hydrogens (tertiary/aromatic N) is 6. The molecular formula is C20H26N6O3. The fourth-order valence-corrected chi connectivity index (χ4v) is 4.43. The van der Waals surface area contributed by atoms with Crippen LogP contribution in [0.1, 0.15) is 37.0 Å². The number of hydrogen-bond acceptors (Lipinski definition) is 5. The van der Waals surface area contributed by atoms with Crippen LogP contribution in [-0.4, -0.2) is 79.3 Å². The van der Waals surface area contributed by atoms with E-state index < -0.39 is 5.54 Å². The van der Waals surface area contributed by atoms with E-state index in [0.29, 0.717) is 49.2 Å². The van der Waals surface area contributed by atoms with Crippen LogP contribution in [0.3, 0.4) is 0 Å². The monoisotopic (exact) mass is 398 g/mol. The molecule has 0 N–H and O–H groups in total. The maximum Gasteiger partial charge on any atom is 0.327 e. The summed E-state index contributed by atoms with van der Waals surface area (Å²) in [6.07, 6.45) is 4.14. The Morgan fingerprint density at radius 3 is 2.52 bits per heavy atom. The van der Waals surface area contributed by atoms with E-state index >= 15 is 0 Å². The highest BCUT2D eigenvalue weighted by Gasteiger charge is 2.57. The van der Waals surface area contributed by atoms with Crippen molar-refractivity contribution in [2.75, 3.05) is 26.7 Å². The number of likely N-dealkylation sites (N-methyl/N-ethyl adjacent to an activating group) is 1. The van der Waals surface area contributed by atoms with Crippen LogP contribution in [0.5, 0.6) is 0 Å². The number of fused-ring (bicyclic) bond motifs is 1. The number of imide groups is 1. The van der Waals surface area contributed by atoms with Gasteiger partial charge in [0.25, 0.3) is 11.8 Å². The Labute approximate surface area is 169 Å². The van der Waals surface area contributed by atoms with Gasteiger partial charge < -0.3 is 14.4 Å². The topological polar surface area (TPSA) is 91.6 Å². The minimum atomic E-state index is -0.842. The number of aromatic nitrogens is 3. The maximum atomic E-state index is 13.2. The van der Waals surface area contributed by atoms with Crippen molar-refractivity contribution in [2.45, 2.75) is 32.2 Å². The lowest BCUT2D eigenvalue weighted by Crippen LogP contribution is -2.58. The molecule has 2 aromatic rings. The second kappa shape index (κ2) is 6.82. The van der Waals surface area contributed by atoms with E-state index in [9.17, 15) is 14.4 Å². The van der Waals surface area contributed by atoms with Crippen LogP contribution in [0.15, 0.2) is 18.6 Å². The molecule has 0 aromatic carbocycles. The zero-order chi connectivity index (χ0) is 20.9. The Morgan fingerprint density at radius 1 is 1.17 bits per heavy atom. The number of piperidine rings is 1. The van der Waals surface area contributed by atoms with Gasteiger partial charge in [0, 0.05) is 39.9 Å². The van der Waals surface area contributed by atoms with Gasteiger partial charge >= 0.3 is 6.03 Å². The summed E-state index contributed by atoms with van der Waals surface area (Å²) in [7, 11) is 3.38. The van der Waals surface area contributed by atoms with Crippen LogP contribution in [0.25, 0.3) is 11.2 Å². The van der Waals surface area contributed by atoms with Crippen molar-refractivity contribution < 1.29 is 14.4 Å². The highest BCUT2D eigenvalue weighted by molar-refractivity contribution is 6.07. The van der Waals surface area contributed by atoms with Crippen LogP contribution >= 0.6 is 0 Å². The normalized spacial score (nSPS) is 19.3. The molecule has 9 heteroatoms. The molecule has 1 spiro atoms. The Kier molecular flexibility index (Phi) is 4.55. The number of carbonyl (C=O) groups excluding carboxylic acids is 3. The molecule has 2 aliphatic heterocycles. The number of hydrogen-bond donors (Lipinski definition) is 0. The zero-order valence-electron chi connectivity index (χ0n) is 17.3. The molecule has 0 atom stereocenters. The first-order valence-electron chi connectivity index (χ1n) is 9.91. The van der Waals surface area contributed by atoms with E-state index in [1.165, 1.54) is 4.90 Å². The SMILES string of the molecule is CC(C)CN1C(=O)N(C)C(=O)C12CCN(C(=O)c1ccnc3c1ncn3C)CC2. The molecule has 0 bridgehead atoms. The van der Waals surface area contributed by atoms with Gasteiger partial charge in [0.15, 0.2) is 5.65 Å². The molecule has 2 aromatic heterocycles. The van der Waals surface area contributed by atoms with E-state index in [2.05, 4.69) is 9.97 Å². The summed E-state index contributed by atoms with van der Waals surface area (Å²) in [5.41, 5.74) is 0.904. The van der Waals surface area contributed by atoms with Gasteiger partial charge in [0.2, 0.25) is 0 Å². The summed E-state index contributed by atoms with van der Waals surface area (Å²) < 4.78 is 1.78. The summed E-state index contributed by atoms with van der Waals surface area (Å²) in [5.74, 6) is -0.0261. The second-order valence-electron chi connectivity index (χ2n) is 8.36. The lowest BCUT2D eigenvalue weighted by molar-refractivity contribution is -0.134. The Bertz CT molecular complexity index is 989. The quantitative estimate of drug-likeness (QED) is 0.731. The average molecular weight is 398 g/mol. The number of likely N-dealkylation sites (tertiary alicyclic amines) is 1. The van der Waals surface area contributed by atoms with Gasteiger partial charge in [-0.05, 0) is 24.8 Å². The van der Waals surface area contributed by atoms with Gasteiger partial charge in [-0.25, -0.2) is 14.8 Å². The van der Waals surface area contributed by atoms with Crippen molar-refractivity contribution in [3.05, 3.63) is 24.2 Å². The predicted octanol–water partition coefficient (Wildman–Crippen LogP) is 1.49. The molecule has 4 heterocycles. The Balaban J connectivity index is 1.57. The number of aryl methyl sites for hydroxylation is 1. The van der Waals surface area contributed by atoms with Gasteiger partial charge in [-0.1, -0.05) is 13.8 Å². The number of urea groups is 1. The molecule has 0 unspecified atom stereocenters. The van der Waals surface area contributed by atoms with Crippen molar-refractivity contribution in [2.24, 2.45) is 13.0 Å². The molecule has 154 valence electrons. The first-order chi connectivity index (χ1) is 13.8. The molecule has 2 fully saturated rings. The van der Waals surface area contributed by atoms with Crippen molar-refractivity contribution in [3.8, 4) is 0 Å². The van der Waals surface area contributed by atoms with E-state index in [1.807, 2.05) is 20.9 Å². The van der Waals surface area contributed by atoms with Gasteiger partial charge in [-0.2, -0.15) is 0 Å². The number of pyridine rings is 1. The first kappa shape index (κ1) is 19.4. The lowest BCUT2D eigenvalue weighted by atomic mass is 9.85. The van der Waals surface area contributed by atoms with Gasteiger partial charge in [0.1, 0.15) is 11.1 Å². The van der Waals surface area contributed by atoms with Gasteiger partial charge in [-0.15, -0.1) is 0 Å².